The van der Waals surface area contributed by atoms with Crippen molar-refractivity contribution in [3.63, 3.8) is 0 Å². The molecule has 7 heteroatoms. The largest absolute Gasteiger partial charge is 0.494 e. The minimum atomic E-state index is -0.528. The van der Waals surface area contributed by atoms with Crippen molar-refractivity contribution >= 4 is 32.6 Å². The van der Waals surface area contributed by atoms with Crippen molar-refractivity contribution < 1.29 is 13.9 Å². The lowest BCUT2D eigenvalue weighted by atomic mass is 10.2. The summed E-state index contributed by atoms with van der Waals surface area (Å²) in [4.78, 5) is 21.8. The van der Waals surface area contributed by atoms with Crippen LogP contribution in [-0.4, -0.2) is 49.1 Å². The van der Waals surface area contributed by atoms with Gasteiger partial charge in [-0.25, -0.2) is 9.37 Å². The molecule has 0 atom stereocenters. The van der Waals surface area contributed by atoms with Crippen LogP contribution in [-0.2, 0) is 0 Å². The van der Waals surface area contributed by atoms with E-state index in [-0.39, 0.29) is 11.5 Å². The molecule has 1 heterocycles. The zero-order chi connectivity index (χ0) is 21.0. The number of likely N-dealkylation sites (N-methyl/N-ethyl adjacent to an activating group) is 1. The summed E-state index contributed by atoms with van der Waals surface area (Å²) in [5.74, 6) is -0.249. The topological polar surface area (TPSA) is 45.7 Å². The van der Waals surface area contributed by atoms with Crippen LogP contribution in [0, 0.1) is 12.7 Å². The van der Waals surface area contributed by atoms with Crippen LogP contribution in [0.15, 0.2) is 36.4 Å². The van der Waals surface area contributed by atoms with Gasteiger partial charge in [0.25, 0.3) is 5.91 Å². The van der Waals surface area contributed by atoms with Crippen LogP contribution in [0.5, 0.6) is 5.75 Å². The molecule has 0 aliphatic rings. The highest BCUT2D eigenvalue weighted by Crippen LogP contribution is 2.36. The van der Waals surface area contributed by atoms with Crippen molar-refractivity contribution in [3.05, 3.63) is 53.3 Å². The Kier molecular flexibility index (Phi) is 6.82. The molecule has 0 unspecified atom stereocenters. The third-order valence-electron chi connectivity index (χ3n) is 5.03. The van der Waals surface area contributed by atoms with Gasteiger partial charge in [-0.15, -0.1) is 0 Å². The van der Waals surface area contributed by atoms with Gasteiger partial charge >= 0.3 is 0 Å². The molecule has 0 spiro atoms. The van der Waals surface area contributed by atoms with Gasteiger partial charge in [-0.2, -0.15) is 0 Å². The molecule has 0 aliphatic heterocycles. The van der Waals surface area contributed by atoms with Gasteiger partial charge in [0.05, 0.1) is 17.4 Å². The Bertz CT molecular complexity index is 1000. The molecule has 0 saturated carbocycles. The average Bonchev–Trinajstić information content (AvgIpc) is 3.17. The maximum absolute atomic E-state index is 14.3. The Labute approximate surface area is 174 Å². The molecular weight excluding hydrogens is 389 g/mol. The summed E-state index contributed by atoms with van der Waals surface area (Å²) in [5.41, 5.74) is 1.84. The summed E-state index contributed by atoms with van der Waals surface area (Å²) >= 11 is 1.43. The third-order valence-corrected chi connectivity index (χ3v) is 6.24. The lowest BCUT2D eigenvalue weighted by Crippen LogP contribution is -2.39. The first kappa shape index (κ1) is 21.2. The van der Waals surface area contributed by atoms with Crippen molar-refractivity contribution in [3.8, 4) is 5.75 Å². The molecule has 0 aliphatic carbocycles. The molecular formula is C22H26FN3O2S. The number of aromatic nitrogens is 1. The van der Waals surface area contributed by atoms with Crippen LogP contribution in [0.4, 0.5) is 9.52 Å². The SMILES string of the molecule is CCN(CC)CCN(C(=O)c1ccccc1F)c1nc2c(OC)ccc(C)c2s1. The number of anilines is 1. The molecule has 5 nitrogen and oxygen atoms in total. The van der Waals surface area contributed by atoms with E-state index < -0.39 is 5.82 Å². The van der Waals surface area contributed by atoms with E-state index in [1.54, 1.807) is 24.1 Å². The fourth-order valence-electron chi connectivity index (χ4n) is 3.22. The predicted molar refractivity (Wildman–Crippen MR) is 117 cm³/mol. The van der Waals surface area contributed by atoms with Crippen LogP contribution in [0.25, 0.3) is 10.2 Å². The van der Waals surface area contributed by atoms with Gasteiger partial charge in [-0.05, 0) is 43.8 Å². The zero-order valence-corrected chi connectivity index (χ0v) is 18.1. The zero-order valence-electron chi connectivity index (χ0n) is 17.2. The smallest absolute Gasteiger partial charge is 0.263 e. The molecule has 3 rings (SSSR count). The fourth-order valence-corrected chi connectivity index (χ4v) is 4.30. The summed E-state index contributed by atoms with van der Waals surface area (Å²) in [6.07, 6.45) is 0. The number of halogens is 1. The Morgan fingerprint density at radius 2 is 1.86 bits per heavy atom. The second-order valence-corrected chi connectivity index (χ2v) is 7.70. The quantitative estimate of drug-likeness (QED) is 0.533. The molecule has 2 aromatic carbocycles. The average molecular weight is 416 g/mol. The van der Waals surface area contributed by atoms with E-state index in [0.717, 1.165) is 28.9 Å². The lowest BCUT2D eigenvalue weighted by molar-refractivity contribution is 0.0980. The van der Waals surface area contributed by atoms with Gasteiger partial charge < -0.3 is 9.64 Å². The number of hydrogen-bond donors (Lipinski definition) is 0. The van der Waals surface area contributed by atoms with E-state index in [1.807, 2.05) is 19.1 Å². The standard InChI is InChI=1S/C22H26FN3O2S/c1-5-25(6-2)13-14-26(21(27)16-9-7-8-10-17(16)23)22-24-19-18(28-4)12-11-15(3)20(19)29-22/h7-12H,5-6,13-14H2,1-4H3. The number of ether oxygens (including phenoxy) is 1. The van der Waals surface area contributed by atoms with Gasteiger partial charge in [0.15, 0.2) is 5.13 Å². The van der Waals surface area contributed by atoms with E-state index in [1.165, 1.54) is 23.5 Å². The highest BCUT2D eigenvalue weighted by molar-refractivity contribution is 7.22. The van der Waals surface area contributed by atoms with Crippen molar-refractivity contribution in [1.82, 2.24) is 9.88 Å². The van der Waals surface area contributed by atoms with E-state index in [2.05, 4.69) is 18.7 Å². The third kappa shape index (κ3) is 4.41. The number of hydrogen-bond acceptors (Lipinski definition) is 5. The van der Waals surface area contributed by atoms with Gasteiger partial charge in [-0.3, -0.25) is 9.69 Å². The number of methoxy groups -OCH3 is 1. The molecule has 0 N–H and O–H groups in total. The molecule has 0 saturated heterocycles. The molecule has 1 amide bonds. The van der Waals surface area contributed by atoms with Crippen molar-refractivity contribution in [2.45, 2.75) is 20.8 Å². The fraction of sp³-hybridized carbons (Fsp3) is 0.364. The summed E-state index contributed by atoms with van der Waals surface area (Å²) in [5, 5.41) is 0.549. The number of carbonyl (C=O) groups excluding carboxylic acids is 1. The minimum Gasteiger partial charge on any atom is -0.494 e. The molecule has 29 heavy (non-hydrogen) atoms. The normalized spacial score (nSPS) is 11.2. The Balaban J connectivity index is 2.05. The highest BCUT2D eigenvalue weighted by Gasteiger charge is 2.25. The summed E-state index contributed by atoms with van der Waals surface area (Å²) < 4.78 is 20.8. The first-order chi connectivity index (χ1) is 14.0. The number of fused-ring (bicyclic) bond motifs is 1. The van der Waals surface area contributed by atoms with Crippen molar-refractivity contribution in [1.29, 1.82) is 0 Å². The summed E-state index contributed by atoms with van der Waals surface area (Å²) in [7, 11) is 1.60. The summed E-state index contributed by atoms with van der Waals surface area (Å²) in [6.45, 7) is 9.03. The molecule has 3 aromatic rings. The number of amides is 1. The van der Waals surface area contributed by atoms with Crippen LogP contribution in [0.1, 0.15) is 29.8 Å². The first-order valence-electron chi connectivity index (χ1n) is 9.73. The summed E-state index contributed by atoms with van der Waals surface area (Å²) in [6, 6.07) is 9.92. The minimum absolute atomic E-state index is 0.0509. The van der Waals surface area contributed by atoms with E-state index in [4.69, 9.17) is 9.72 Å². The number of nitrogens with zero attached hydrogens (tertiary/aromatic N) is 3. The molecule has 1 aromatic heterocycles. The van der Waals surface area contributed by atoms with Crippen LogP contribution in [0.2, 0.25) is 0 Å². The number of carbonyl (C=O) groups is 1. The number of rotatable bonds is 8. The predicted octanol–water partition coefficient (Wildman–Crippen LogP) is 4.74. The van der Waals surface area contributed by atoms with Gasteiger partial charge in [-0.1, -0.05) is 43.4 Å². The van der Waals surface area contributed by atoms with Crippen LogP contribution in [0.3, 0.4) is 0 Å². The Morgan fingerprint density at radius 1 is 1.14 bits per heavy atom. The maximum Gasteiger partial charge on any atom is 0.263 e. The van der Waals surface area contributed by atoms with E-state index in [9.17, 15) is 9.18 Å². The van der Waals surface area contributed by atoms with Gasteiger partial charge in [0, 0.05) is 13.1 Å². The molecule has 0 fully saturated rings. The van der Waals surface area contributed by atoms with E-state index in [0.29, 0.717) is 24.0 Å². The first-order valence-corrected chi connectivity index (χ1v) is 10.5. The molecule has 154 valence electrons. The van der Waals surface area contributed by atoms with Crippen molar-refractivity contribution in [2.75, 3.05) is 38.2 Å². The maximum atomic E-state index is 14.3. The monoisotopic (exact) mass is 415 g/mol. The molecule has 0 bridgehead atoms. The van der Waals surface area contributed by atoms with E-state index >= 15 is 0 Å². The number of benzene rings is 2. The van der Waals surface area contributed by atoms with Gasteiger partial charge in [0.1, 0.15) is 17.1 Å². The Hall–Kier alpha value is -2.51. The second-order valence-electron chi connectivity index (χ2n) is 6.72. The number of aryl methyl sites for hydroxylation is 1. The molecule has 0 radical (unpaired) electrons. The lowest BCUT2D eigenvalue weighted by Gasteiger charge is -2.24. The second kappa shape index (κ2) is 9.33. The number of thiazole rings is 1. The van der Waals surface area contributed by atoms with Gasteiger partial charge in [0.2, 0.25) is 0 Å². The van der Waals surface area contributed by atoms with Crippen LogP contribution >= 0.6 is 11.3 Å². The van der Waals surface area contributed by atoms with Crippen LogP contribution < -0.4 is 9.64 Å². The Morgan fingerprint density at radius 3 is 2.52 bits per heavy atom. The highest BCUT2D eigenvalue weighted by atomic mass is 32.1. The van der Waals surface area contributed by atoms with Crippen molar-refractivity contribution in [2.24, 2.45) is 0 Å².